The van der Waals surface area contributed by atoms with E-state index in [9.17, 15) is 13.2 Å². The molecule has 1 aromatic rings. The lowest BCUT2D eigenvalue weighted by molar-refractivity contribution is 0.476. The molecule has 4 nitrogen and oxygen atoms in total. The van der Waals surface area contributed by atoms with Crippen LogP contribution in [0.5, 0.6) is 0 Å². The smallest absolute Gasteiger partial charge is 0.223 e. The average molecular weight is 251 g/mol. The van der Waals surface area contributed by atoms with Gasteiger partial charge in [-0.25, -0.2) is 18.2 Å². The summed E-state index contributed by atoms with van der Waals surface area (Å²) in [7, 11) is -3.25. The maximum atomic E-state index is 12.3. The minimum Gasteiger partial charge on any atom is -0.223 e. The highest BCUT2D eigenvalue weighted by Crippen LogP contribution is 2.32. The van der Waals surface area contributed by atoms with Crippen LogP contribution in [0.3, 0.4) is 0 Å². The summed E-state index contributed by atoms with van der Waals surface area (Å²) in [5.74, 6) is 0. The van der Waals surface area contributed by atoms with Gasteiger partial charge in [0.05, 0.1) is 16.7 Å². The van der Waals surface area contributed by atoms with Crippen LogP contribution in [0.15, 0.2) is 34.2 Å². The molecule has 0 N–H and O–H groups in total. The maximum Gasteiger partial charge on any atom is 0.235 e. The summed E-state index contributed by atoms with van der Waals surface area (Å²) in [6.45, 7) is 0.0750. The third kappa shape index (κ3) is 2.30. The molecule has 5 heteroatoms. The standard InChI is InChI=1S/C12H13NO3S/c14-9-13-8-10-4-1-2-7-12(10)17(15,16)11-5-3-6-11/h1-2,4,7,11H,3,5-6,8H2. The number of aliphatic imine (C=N–C) groups is 1. The quantitative estimate of drug-likeness (QED) is 0.606. The molecule has 90 valence electrons. The molecule has 17 heavy (non-hydrogen) atoms. The van der Waals surface area contributed by atoms with Crippen LogP contribution in [0.1, 0.15) is 24.8 Å². The number of isocyanates is 1. The van der Waals surface area contributed by atoms with Gasteiger partial charge in [-0.3, -0.25) is 0 Å². The van der Waals surface area contributed by atoms with Crippen LogP contribution < -0.4 is 0 Å². The number of nitrogens with zero attached hydrogens (tertiary/aromatic N) is 1. The molecule has 1 aromatic carbocycles. The van der Waals surface area contributed by atoms with Gasteiger partial charge in [0.2, 0.25) is 6.08 Å². The Hall–Kier alpha value is -1.45. The fourth-order valence-corrected chi connectivity index (χ4v) is 3.97. The summed E-state index contributed by atoms with van der Waals surface area (Å²) in [5.41, 5.74) is 0.572. The van der Waals surface area contributed by atoms with Gasteiger partial charge in [-0.1, -0.05) is 24.6 Å². The van der Waals surface area contributed by atoms with E-state index in [1.165, 1.54) is 6.08 Å². The molecule has 0 aliphatic heterocycles. The Morgan fingerprint density at radius 1 is 1.29 bits per heavy atom. The summed E-state index contributed by atoms with van der Waals surface area (Å²) in [5, 5.41) is -0.260. The molecule has 0 aromatic heterocycles. The van der Waals surface area contributed by atoms with E-state index in [4.69, 9.17) is 0 Å². The van der Waals surface area contributed by atoms with Crippen LogP contribution in [-0.4, -0.2) is 19.7 Å². The second-order valence-corrected chi connectivity index (χ2v) is 6.31. The molecular weight excluding hydrogens is 238 g/mol. The van der Waals surface area contributed by atoms with E-state index in [2.05, 4.69) is 4.99 Å². The fraction of sp³-hybridized carbons (Fsp3) is 0.417. The summed E-state index contributed by atoms with van der Waals surface area (Å²) < 4.78 is 24.5. The Bertz CT molecular complexity index is 555. The zero-order chi connectivity index (χ0) is 12.3. The van der Waals surface area contributed by atoms with Crippen LogP contribution >= 0.6 is 0 Å². The topological polar surface area (TPSA) is 63.6 Å². The monoisotopic (exact) mass is 251 g/mol. The van der Waals surface area contributed by atoms with Crippen molar-refractivity contribution < 1.29 is 13.2 Å². The Morgan fingerprint density at radius 3 is 2.59 bits per heavy atom. The second-order valence-electron chi connectivity index (χ2n) is 4.11. The predicted octanol–water partition coefficient (Wildman–Crippen LogP) is 1.85. The van der Waals surface area contributed by atoms with Crippen LogP contribution in [0.2, 0.25) is 0 Å². The van der Waals surface area contributed by atoms with Crippen molar-refractivity contribution in [3.63, 3.8) is 0 Å². The Morgan fingerprint density at radius 2 is 2.00 bits per heavy atom. The SMILES string of the molecule is O=C=NCc1ccccc1S(=O)(=O)C1CCC1. The highest BCUT2D eigenvalue weighted by molar-refractivity contribution is 7.92. The zero-order valence-corrected chi connectivity index (χ0v) is 10.1. The lowest BCUT2D eigenvalue weighted by Crippen LogP contribution is -2.29. The van der Waals surface area contributed by atoms with E-state index in [1.807, 2.05) is 0 Å². The number of carbonyl (C=O) groups excluding carboxylic acids is 1. The van der Waals surface area contributed by atoms with Gasteiger partial charge in [0.25, 0.3) is 0 Å². The van der Waals surface area contributed by atoms with Crippen molar-refractivity contribution in [2.75, 3.05) is 0 Å². The molecule has 0 bridgehead atoms. The minimum atomic E-state index is -3.25. The number of sulfone groups is 1. The van der Waals surface area contributed by atoms with Crippen LogP contribution in [-0.2, 0) is 21.2 Å². The van der Waals surface area contributed by atoms with Crippen molar-refractivity contribution in [2.45, 2.75) is 36.0 Å². The first-order valence-electron chi connectivity index (χ1n) is 5.51. The maximum absolute atomic E-state index is 12.3. The first-order valence-corrected chi connectivity index (χ1v) is 7.06. The molecular formula is C12H13NO3S. The van der Waals surface area contributed by atoms with Crippen molar-refractivity contribution in [3.8, 4) is 0 Å². The van der Waals surface area contributed by atoms with E-state index in [0.717, 1.165) is 19.3 Å². The summed E-state index contributed by atoms with van der Waals surface area (Å²) in [4.78, 5) is 13.9. The normalized spacial score (nSPS) is 16.0. The number of rotatable bonds is 4. The van der Waals surface area contributed by atoms with Gasteiger partial charge in [0, 0.05) is 0 Å². The van der Waals surface area contributed by atoms with Gasteiger partial charge in [-0.15, -0.1) is 0 Å². The first-order chi connectivity index (χ1) is 8.16. The van der Waals surface area contributed by atoms with E-state index in [0.29, 0.717) is 10.5 Å². The van der Waals surface area contributed by atoms with Gasteiger partial charge in [-0.05, 0) is 24.5 Å². The van der Waals surface area contributed by atoms with Gasteiger partial charge >= 0.3 is 0 Å². The molecule has 0 radical (unpaired) electrons. The van der Waals surface area contributed by atoms with Gasteiger partial charge in [0.15, 0.2) is 9.84 Å². The van der Waals surface area contributed by atoms with E-state index in [1.54, 1.807) is 24.3 Å². The molecule has 0 heterocycles. The molecule has 0 amide bonds. The van der Waals surface area contributed by atoms with Crippen molar-refractivity contribution >= 4 is 15.9 Å². The van der Waals surface area contributed by atoms with Gasteiger partial charge in [-0.2, -0.15) is 0 Å². The Labute approximate surface area is 100 Å². The molecule has 0 unspecified atom stereocenters. The van der Waals surface area contributed by atoms with Crippen molar-refractivity contribution in [1.82, 2.24) is 0 Å². The number of benzene rings is 1. The largest absolute Gasteiger partial charge is 0.235 e. The second kappa shape index (κ2) is 4.82. The number of hydrogen-bond donors (Lipinski definition) is 0. The van der Waals surface area contributed by atoms with Gasteiger partial charge < -0.3 is 0 Å². The third-order valence-electron chi connectivity index (χ3n) is 3.08. The lowest BCUT2D eigenvalue weighted by Gasteiger charge is -2.26. The van der Waals surface area contributed by atoms with Crippen molar-refractivity contribution in [1.29, 1.82) is 0 Å². The summed E-state index contributed by atoms with van der Waals surface area (Å²) in [6.07, 6.45) is 3.86. The van der Waals surface area contributed by atoms with Crippen LogP contribution in [0, 0.1) is 0 Å². The molecule has 1 fully saturated rings. The van der Waals surface area contributed by atoms with E-state index >= 15 is 0 Å². The van der Waals surface area contributed by atoms with Crippen LogP contribution in [0.25, 0.3) is 0 Å². The highest BCUT2D eigenvalue weighted by atomic mass is 32.2. The van der Waals surface area contributed by atoms with E-state index in [-0.39, 0.29) is 11.8 Å². The van der Waals surface area contributed by atoms with E-state index < -0.39 is 9.84 Å². The average Bonchev–Trinajstić information content (AvgIpc) is 2.23. The molecule has 0 atom stereocenters. The minimum absolute atomic E-state index is 0.0750. The zero-order valence-electron chi connectivity index (χ0n) is 9.30. The van der Waals surface area contributed by atoms with Gasteiger partial charge in [0.1, 0.15) is 0 Å². The summed E-state index contributed by atoms with van der Waals surface area (Å²) in [6, 6.07) is 6.71. The molecule has 1 saturated carbocycles. The highest BCUT2D eigenvalue weighted by Gasteiger charge is 2.33. The van der Waals surface area contributed by atoms with Crippen molar-refractivity contribution in [2.24, 2.45) is 4.99 Å². The third-order valence-corrected chi connectivity index (χ3v) is 5.44. The molecule has 1 aliphatic rings. The molecule has 0 saturated heterocycles. The van der Waals surface area contributed by atoms with Crippen LogP contribution in [0.4, 0.5) is 0 Å². The lowest BCUT2D eigenvalue weighted by atomic mass is 10.00. The van der Waals surface area contributed by atoms with Crippen molar-refractivity contribution in [3.05, 3.63) is 29.8 Å². The summed E-state index contributed by atoms with van der Waals surface area (Å²) >= 11 is 0. The Kier molecular flexibility index (Phi) is 3.41. The molecule has 2 rings (SSSR count). The fourth-order valence-electron chi connectivity index (χ4n) is 1.89. The first kappa shape index (κ1) is 12.0. The Balaban J connectivity index is 2.40. The predicted molar refractivity (Wildman–Crippen MR) is 63.1 cm³/mol. The molecule has 0 spiro atoms. The molecule has 1 aliphatic carbocycles. The number of hydrogen-bond acceptors (Lipinski definition) is 4.